The molecule has 1 amide bonds. The zero-order valence-electron chi connectivity index (χ0n) is 8.63. The van der Waals surface area contributed by atoms with E-state index in [-0.39, 0.29) is 11.7 Å². The first-order chi connectivity index (χ1) is 8.09. The fraction of sp³-hybridized carbons (Fsp3) is 0.100. The van der Waals surface area contributed by atoms with Gasteiger partial charge in [0.25, 0.3) is 11.7 Å². The van der Waals surface area contributed by atoms with E-state index in [1.165, 1.54) is 0 Å². The summed E-state index contributed by atoms with van der Waals surface area (Å²) < 4.78 is 4.85. The molecular weight excluding hydrogens is 244 g/mol. The largest absolute Gasteiger partial charge is 0.363 e. The second kappa shape index (κ2) is 4.52. The van der Waals surface area contributed by atoms with Crippen LogP contribution in [0, 0.1) is 0 Å². The van der Waals surface area contributed by atoms with E-state index >= 15 is 0 Å². The molecule has 0 spiro atoms. The molecule has 0 saturated carbocycles. The Morgan fingerprint density at radius 2 is 2.12 bits per heavy atom. The van der Waals surface area contributed by atoms with Gasteiger partial charge in [-0.1, -0.05) is 35.0 Å². The highest BCUT2D eigenvalue weighted by Gasteiger charge is 2.20. The molecule has 88 valence electrons. The smallest absolute Gasteiger partial charge is 0.290 e. The number of primary amides is 1. The summed E-state index contributed by atoms with van der Waals surface area (Å²) in [6, 6.07) is 6.31. The van der Waals surface area contributed by atoms with Crippen LogP contribution in [0.15, 0.2) is 28.8 Å². The van der Waals surface area contributed by atoms with Gasteiger partial charge in [0.2, 0.25) is 5.89 Å². The molecule has 0 fully saturated rings. The number of carbonyl (C=O) groups is 1. The maximum atomic E-state index is 10.8. The number of halogens is 1. The van der Waals surface area contributed by atoms with E-state index in [0.717, 1.165) is 0 Å². The van der Waals surface area contributed by atoms with Crippen LogP contribution in [0.4, 0.5) is 0 Å². The lowest BCUT2D eigenvalue weighted by Crippen LogP contribution is -2.15. The van der Waals surface area contributed by atoms with E-state index in [0.29, 0.717) is 10.6 Å². The van der Waals surface area contributed by atoms with E-state index < -0.39 is 11.9 Å². The van der Waals surface area contributed by atoms with Crippen molar-refractivity contribution in [3.05, 3.63) is 46.6 Å². The number of aromatic nitrogens is 2. The van der Waals surface area contributed by atoms with Gasteiger partial charge in [-0.2, -0.15) is 4.98 Å². The first-order valence-corrected chi connectivity index (χ1v) is 5.11. The molecule has 0 bridgehead atoms. The lowest BCUT2D eigenvalue weighted by Gasteiger charge is -2.08. The van der Waals surface area contributed by atoms with Crippen LogP contribution in [0.2, 0.25) is 5.02 Å². The molecule has 0 aliphatic rings. The van der Waals surface area contributed by atoms with Gasteiger partial charge in [-0.15, -0.1) is 0 Å². The van der Waals surface area contributed by atoms with Crippen molar-refractivity contribution >= 4 is 17.5 Å². The molecule has 0 aliphatic heterocycles. The average Bonchev–Trinajstić information content (AvgIpc) is 2.78. The third kappa shape index (κ3) is 2.27. The molecule has 1 aromatic carbocycles. The first kappa shape index (κ1) is 11.6. The van der Waals surface area contributed by atoms with Gasteiger partial charge >= 0.3 is 0 Å². The predicted octanol–water partition coefficient (Wildman–Crippen LogP) is 0.870. The van der Waals surface area contributed by atoms with Crippen LogP contribution in [0.25, 0.3) is 0 Å². The number of carbonyl (C=O) groups excluding carboxylic acids is 1. The van der Waals surface area contributed by atoms with Crippen molar-refractivity contribution in [1.29, 1.82) is 0 Å². The van der Waals surface area contributed by atoms with E-state index in [9.17, 15) is 4.79 Å². The lowest BCUT2D eigenvalue weighted by atomic mass is 10.1. The summed E-state index contributed by atoms with van der Waals surface area (Å²) in [5.41, 5.74) is 11.5. The Kier molecular flexibility index (Phi) is 3.08. The number of hydrogen-bond donors (Lipinski definition) is 2. The quantitative estimate of drug-likeness (QED) is 0.843. The third-order valence-electron chi connectivity index (χ3n) is 2.17. The maximum Gasteiger partial charge on any atom is 0.290 e. The molecule has 0 saturated heterocycles. The van der Waals surface area contributed by atoms with Gasteiger partial charge in [0.1, 0.15) is 6.04 Å². The molecule has 17 heavy (non-hydrogen) atoms. The summed E-state index contributed by atoms with van der Waals surface area (Å²) in [5, 5.41) is 3.89. The highest BCUT2D eigenvalue weighted by atomic mass is 35.5. The summed E-state index contributed by atoms with van der Waals surface area (Å²) in [7, 11) is 0. The van der Waals surface area contributed by atoms with E-state index in [1.54, 1.807) is 24.3 Å². The number of nitrogens with zero attached hydrogens (tertiary/aromatic N) is 2. The Labute approximate surface area is 102 Å². The van der Waals surface area contributed by atoms with Crippen LogP contribution in [-0.4, -0.2) is 16.0 Å². The van der Waals surface area contributed by atoms with E-state index in [1.807, 2.05) is 0 Å². The van der Waals surface area contributed by atoms with Crippen molar-refractivity contribution in [2.24, 2.45) is 11.5 Å². The van der Waals surface area contributed by atoms with Crippen LogP contribution in [0.5, 0.6) is 0 Å². The van der Waals surface area contributed by atoms with Crippen LogP contribution in [0.1, 0.15) is 28.1 Å². The predicted molar refractivity (Wildman–Crippen MR) is 60.3 cm³/mol. The maximum absolute atomic E-state index is 10.8. The minimum atomic E-state index is -0.772. The van der Waals surface area contributed by atoms with Gasteiger partial charge in [0.15, 0.2) is 0 Å². The molecule has 7 heteroatoms. The van der Waals surface area contributed by atoms with Gasteiger partial charge in [0, 0.05) is 5.02 Å². The third-order valence-corrected chi connectivity index (χ3v) is 2.51. The molecule has 4 N–H and O–H groups in total. The Morgan fingerprint density at radius 1 is 1.41 bits per heavy atom. The molecule has 6 nitrogen and oxygen atoms in total. The SMILES string of the molecule is NC(=O)c1noc([C@H](N)c2ccccc2Cl)n1. The Morgan fingerprint density at radius 3 is 2.71 bits per heavy atom. The molecule has 2 aromatic rings. The highest BCUT2D eigenvalue weighted by Crippen LogP contribution is 2.24. The molecule has 1 aromatic heterocycles. The van der Waals surface area contributed by atoms with E-state index in [4.69, 9.17) is 27.6 Å². The van der Waals surface area contributed by atoms with Gasteiger partial charge < -0.3 is 16.0 Å². The minimum absolute atomic E-state index is 0.0897. The van der Waals surface area contributed by atoms with Crippen molar-refractivity contribution in [2.75, 3.05) is 0 Å². The van der Waals surface area contributed by atoms with Gasteiger partial charge in [-0.3, -0.25) is 4.79 Å². The number of hydrogen-bond acceptors (Lipinski definition) is 5. The standard InChI is InChI=1S/C10H9ClN4O2/c11-6-4-2-1-3-5(6)7(12)10-14-9(8(13)16)15-17-10/h1-4,7H,12H2,(H2,13,16)/t7-/m1/s1. The zero-order valence-corrected chi connectivity index (χ0v) is 9.39. The average molecular weight is 253 g/mol. The highest BCUT2D eigenvalue weighted by molar-refractivity contribution is 6.31. The molecule has 1 heterocycles. The second-order valence-corrected chi connectivity index (χ2v) is 3.73. The first-order valence-electron chi connectivity index (χ1n) is 4.73. The monoisotopic (exact) mass is 252 g/mol. The summed E-state index contributed by atoms with van der Waals surface area (Å²) >= 11 is 5.98. The van der Waals surface area contributed by atoms with Crippen molar-refractivity contribution in [2.45, 2.75) is 6.04 Å². The molecule has 0 aliphatic carbocycles. The van der Waals surface area contributed by atoms with Crippen LogP contribution in [-0.2, 0) is 0 Å². The Hall–Kier alpha value is -1.92. The number of benzene rings is 1. The normalized spacial score (nSPS) is 12.4. The topological polar surface area (TPSA) is 108 Å². The van der Waals surface area contributed by atoms with Crippen molar-refractivity contribution in [1.82, 2.24) is 10.1 Å². The number of rotatable bonds is 3. The van der Waals surface area contributed by atoms with Crippen LogP contribution >= 0.6 is 11.6 Å². The summed E-state index contributed by atoms with van der Waals surface area (Å²) in [5.74, 6) is -0.888. The fourth-order valence-electron chi connectivity index (χ4n) is 1.32. The zero-order chi connectivity index (χ0) is 12.4. The Balaban J connectivity index is 2.34. The van der Waals surface area contributed by atoms with Gasteiger partial charge in [0.05, 0.1) is 0 Å². The number of nitrogens with two attached hydrogens (primary N) is 2. The summed E-state index contributed by atoms with van der Waals surface area (Å²) in [6.07, 6.45) is 0. The van der Waals surface area contributed by atoms with E-state index in [2.05, 4.69) is 10.1 Å². The van der Waals surface area contributed by atoms with Gasteiger partial charge in [-0.25, -0.2) is 0 Å². The second-order valence-electron chi connectivity index (χ2n) is 3.32. The lowest BCUT2D eigenvalue weighted by molar-refractivity contribution is 0.0987. The summed E-state index contributed by atoms with van der Waals surface area (Å²) in [4.78, 5) is 14.6. The molecule has 2 rings (SSSR count). The van der Waals surface area contributed by atoms with Crippen LogP contribution in [0.3, 0.4) is 0 Å². The molecule has 1 atom stereocenters. The summed E-state index contributed by atoms with van der Waals surface area (Å²) in [6.45, 7) is 0. The van der Waals surface area contributed by atoms with Crippen molar-refractivity contribution in [3.63, 3.8) is 0 Å². The van der Waals surface area contributed by atoms with Crippen molar-refractivity contribution < 1.29 is 9.32 Å². The molecular formula is C10H9ClN4O2. The molecule has 0 unspecified atom stereocenters. The number of amides is 1. The van der Waals surface area contributed by atoms with Gasteiger partial charge in [-0.05, 0) is 11.6 Å². The fourth-order valence-corrected chi connectivity index (χ4v) is 1.58. The molecule has 0 radical (unpaired) electrons. The minimum Gasteiger partial charge on any atom is -0.363 e. The Bertz CT molecular complexity index is 555. The van der Waals surface area contributed by atoms with Crippen LogP contribution < -0.4 is 11.5 Å². The van der Waals surface area contributed by atoms with Crippen molar-refractivity contribution in [3.8, 4) is 0 Å².